The van der Waals surface area contributed by atoms with Crippen LogP contribution in [-0.2, 0) is 16.1 Å². The summed E-state index contributed by atoms with van der Waals surface area (Å²) in [7, 11) is 0. The summed E-state index contributed by atoms with van der Waals surface area (Å²) in [4.78, 5) is 31.2. The molecule has 0 unspecified atom stereocenters. The van der Waals surface area contributed by atoms with E-state index in [1.807, 2.05) is 23.1 Å². The van der Waals surface area contributed by atoms with Gasteiger partial charge >= 0.3 is 0 Å². The zero-order valence-electron chi connectivity index (χ0n) is 15.2. The number of hydrogen-bond acceptors (Lipinski definition) is 3. The molecule has 5 nitrogen and oxygen atoms in total. The van der Waals surface area contributed by atoms with Gasteiger partial charge in [-0.3, -0.25) is 9.59 Å². The van der Waals surface area contributed by atoms with Crippen molar-refractivity contribution in [3.8, 4) is 0 Å². The summed E-state index contributed by atoms with van der Waals surface area (Å²) >= 11 is 0. The van der Waals surface area contributed by atoms with E-state index in [0.29, 0.717) is 13.1 Å². The summed E-state index contributed by atoms with van der Waals surface area (Å²) in [5, 5.41) is 0. The number of amides is 2. The molecule has 2 saturated heterocycles. The van der Waals surface area contributed by atoms with Crippen molar-refractivity contribution in [1.82, 2.24) is 14.7 Å². The van der Waals surface area contributed by atoms with Gasteiger partial charge in [-0.25, -0.2) is 0 Å². The van der Waals surface area contributed by atoms with Crippen LogP contribution >= 0.6 is 0 Å². The minimum absolute atomic E-state index is 0.00931. The first-order valence-corrected chi connectivity index (χ1v) is 9.47. The summed E-state index contributed by atoms with van der Waals surface area (Å²) in [6, 6.07) is 9.86. The maximum atomic E-state index is 13.2. The Kier molecular flexibility index (Phi) is 6.08. The summed E-state index contributed by atoms with van der Waals surface area (Å²) in [5.41, 5.74) is 1.14. The highest BCUT2D eigenvalue weighted by Crippen LogP contribution is 2.21. The van der Waals surface area contributed by atoms with E-state index in [-0.39, 0.29) is 17.9 Å². The monoisotopic (exact) mass is 343 g/mol. The van der Waals surface area contributed by atoms with Crippen molar-refractivity contribution in [1.29, 1.82) is 0 Å². The van der Waals surface area contributed by atoms with Gasteiger partial charge in [0.2, 0.25) is 11.8 Å². The van der Waals surface area contributed by atoms with E-state index >= 15 is 0 Å². The molecule has 1 atom stereocenters. The quantitative estimate of drug-likeness (QED) is 0.795. The molecular formula is C20H29N3O2. The maximum absolute atomic E-state index is 13.2. The zero-order valence-corrected chi connectivity index (χ0v) is 15.2. The highest BCUT2D eigenvalue weighted by atomic mass is 16.2. The van der Waals surface area contributed by atoms with Crippen LogP contribution in [0.15, 0.2) is 30.3 Å². The topological polar surface area (TPSA) is 43.9 Å². The molecule has 2 heterocycles. The SMILES string of the molecule is CC(=O)N1CCC[C@@H]1C(=O)N(CCN1CCCC1)Cc1ccccc1. The highest BCUT2D eigenvalue weighted by molar-refractivity contribution is 5.87. The van der Waals surface area contributed by atoms with E-state index in [1.165, 1.54) is 12.8 Å². The first-order chi connectivity index (χ1) is 12.1. The zero-order chi connectivity index (χ0) is 17.6. The molecule has 1 aromatic carbocycles. The summed E-state index contributed by atoms with van der Waals surface area (Å²) in [6.07, 6.45) is 4.22. The van der Waals surface area contributed by atoms with Gasteiger partial charge in [-0.15, -0.1) is 0 Å². The standard InChI is InChI=1S/C20H29N3O2/c1-17(24)23-13-7-10-19(23)20(25)22(15-14-21-11-5-6-12-21)16-18-8-3-2-4-9-18/h2-4,8-9,19H,5-7,10-16H2,1H3/t19-/m1/s1. The van der Waals surface area contributed by atoms with Crippen LogP contribution in [0.1, 0.15) is 38.2 Å². The molecular weight excluding hydrogens is 314 g/mol. The Morgan fingerprint density at radius 1 is 1.08 bits per heavy atom. The van der Waals surface area contributed by atoms with Crippen molar-refractivity contribution in [2.75, 3.05) is 32.7 Å². The van der Waals surface area contributed by atoms with Gasteiger partial charge in [0.25, 0.3) is 0 Å². The fraction of sp³-hybridized carbons (Fsp3) is 0.600. The van der Waals surface area contributed by atoms with Crippen LogP contribution in [0.2, 0.25) is 0 Å². The van der Waals surface area contributed by atoms with E-state index in [0.717, 1.165) is 44.6 Å². The van der Waals surface area contributed by atoms with Crippen molar-refractivity contribution in [2.45, 2.75) is 45.2 Å². The molecule has 5 heteroatoms. The number of carbonyl (C=O) groups is 2. The minimum Gasteiger partial charge on any atom is -0.335 e. The van der Waals surface area contributed by atoms with E-state index in [2.05, 4.69) is 17.0 Å². The average Bonchev–Trinajstić information content (AvgIpc) is 3.30. The molecule has 1 aromatic rings. The van der Waals surface area contributed by atoms with Crippen molar-refractivity contribution in [3.63, 3.8) is 0 Å². The van der Waals surface area contributed by atoms with Crippen molar-refractivity contribution in [2.24, 2.45) is 0 Å². The molecule has 0 bridgehead atoms. The summed E-state index contributed by atoms with van der Waals surface area (Å²) in [5.74, 6) is 0.116. The van der Waals surface area contributed by atoms with Crippen molar-refractivity contribution >= 4 is 11.8 Å². The lowest BCUT2D eigenvalue weighted by molar-refractivity contribution is -0.143. The normalized spacial score (nSPS) is 20.8. The lowest BCUT2D eigenvalue weighted by Crippen LogP contribution is -2.48. The predicted octanol–water partition coefficient (Wildman–Crippen LogP) is 2.12. The number of rotatable bonds is 6. The third-order valence-corrected chi connectivity index (χ3v) is 5.36. The Balaban J connectivity index is 1.69. The molecule has 2 amide bonds. The number of hydrogen-bond donors (Lipinski definition) is 0. The fourth-order valence-corrected chi connectivity index (χ4v) is 3.95. The smallest absolute Gasteiger partial charge is 0.245 e. The van der Waals surface area contributed by atoms with Gasteiger partial charge in [-0.05, 0) is 44.3 Å². The van der Waals surface area contributed by atoms with Gasteiger partial charge in [-0.1, -0.05) is 30.3 Å². The second-order valence-electron chi connectivity index (χ2n) is 7.16. The van der Waals surface area contributed by atoms with Crippen LogP contribution in [-0.4, -0.2) is 65.3 Å². The summed E-state index contributed by atoms with van der Waals surface area (Å²) < 4.78 is 0. The van der Waals surface area contributed by atoms with Crippen molar-refractivity contribution < 1.29 is 9.59 Å². The molecule has 0 N–H and O–H groups in total. The van der Waals surface area contributed by atoms with Crippen molar-refractivity contribution in [3.05, 3.63) is 35.9 Å². The Morgan fingerprint density at radius 2 is 1.80 bits per heavy atom. The predicted molar refractivity (Wildman–Crippen MR) is 97.9 cm³/mol. The largest absolute Gasteiger partial charge is 0.335 e. The maximum Gasteiger partial charge on any atom is 0.245 e. The molecule has 0 aliphatic carbocycles. The van der Waals surface area contributed by atoms with Gasteiger partial charge in [0.05, 0.1) is 0 Å². The third kappa shape index (κ3) is 4.60. The Labute approximate surface area is 150 Å². The van der Waals surface area contributed by atoms with Crippen LogP contribution in [0, 0.1) is 0 Å². The van der Waals surface area contributed by atoms with Gasteiger partial charge in [0.15, 0.2) is 0 Å². The second-order valence-corrected chi connectivity index (χ2v) is 7.16. The van der Waals surface area contributed by atoms with E-state index in [4.69, 9.17) is 0 Å². The van der Waals surface area contributed by atoms with Gasteiger partial charge in [0.1, 0.15) is 6.04 Å². The number of nitrogens with zero attached hydrogens (tertiary/aromatic N) is 3. The average molecular weight is 343 g/mol. The molecule has 136 valence electrons. The Morgan fingerprint density at radius 3 is 2.48 bits per heavy atom. The fourth-order valence-electron chi connectivity index (χ4n) is 3.95. The third-order valence-electron chi connectivity index (χ3n) is 5.36. The molecule has 2 aliphatic rings. The lowest BCUT2D eigenvalue weighted by Gasteiger charge is -2.31. The highest BCUT2D eigenvalue weighted by Gasteiger charge is 2.35. The van der Waals surface area contributed by atoms with Gasteiger partial charge < -0.3 is 14.7 Å². The molecule has 2 aliphatic heterocycles. The van der Waals surface area contributed by atoms with E-state index < -0.39 is 0 Å². The van der Waals surface area contributed by atoms with Crippen LogP contribution in [0.25, 0.3) is 0 Å². The molecule has 0 spiro atoms. The minimum atomic E-state index is -0.278. The van der Waals surface area contributed by atoms with Crippen LogP contribution < -0.4 is 0 Å². The Hall–Kier alpha value is -1.88. The Bertz CT molecular complexity index is 584. The van der Waals surface area contributed by atoms with Gasteiger partial charge in [-0.2, -0.15) is 0 Å². The van der Waals surface area contributed by atoms with Crippen LogP contribution in [0.5, 0.6) is 0 Å². The summed E-state index contributed by atoms with van der Waals surface area (Å²) in [6.45, 7) is 6.82. The lowest BCUT2D eigenvalue weighted by atomic mass is 10.1. The molecule has 3 rings (SSSR count). The van der Waals surface area contributed by atoms with Crippen LogP contribution in [0.4, 0.5) is 0 Å². The van der Waals surface area contributed by atoms with Crippen LogP contribution in [0.3, 0.4) is 0 Å². The first-order valence-electron chi connectivity index (χ1n) is 9.47. The first kappa shape index (κ1) is 17.9. The molecule has 0 radical (unpaired) electrons. The second kappa shape index (κ2) is 8.48. The van der Waals surface area contributed by atoms with Gasteiger partial charge in [0, 0.05) is 33.1 Å². The molecule has 0 aromatic heterocycles. The van der Waals surface area contributed by atoms with E-state index in [9.17, 15) is 9.59 Å². The molecule has 25 heavy (non-hydrogen) atoms. The number of benzene rings is 1. The number of likely N-dealkylation sites (tertiary alicyclic amines) is 2. The molecule has 2 fully saturated rings. The molecule has 0 saturated carbocycles. The van der Waals surface area contributed by atoms with E-state index in [1.54, 1.807) is 11.8 Å². The number of carbonyl (C=O) groups excluding carboxylic acids is 2.